The maximum Gasteiger partial charge on any atom is 0.308 e. The Morgan fingerprint density at radius 3 is 2.38 bits per heavy atom. The summed E-state index contributed by atoms with van der Waals surface area (Å²) >= 11 is 0. The molecular weight excluding hydrogens is 588 g/mol. The van der Waals surface area contributed by atoms with Gasteiger partial charge in [0.15, 0.2) is 5.60 Å². The molecule has 0 amide bonds. The SMILES string of the molecule is COC(=O)C[C@H]1C(C)(C)[C@H](OC(=O)C(C)C)[C@]2(O)C[C@@]34O[C@]2(O)[C@]1(C)[C@H]3[C@H](OC(C)=O)C[C@]1(C)[C@H]4CC(=O)O[C@H]1c1ccoc1. The van der Waals surface area contributed by atoms with E-state index in [1.165, 1.54) is 26.6 Å². The van der Waals surface area contributed by atoms with Crippen molar-refractivity contribution in [3.8, 4) is 0 Å². The van der Waals surface area contributed by atoms with E-state index >= 15 is 0 Å². The van der Waals surface area contributed by atoms with Crippen molar-refractivity contribution in [1.29, 1.82) is 0 Å². The largest absolute Gasteiger partial charge is 0.472 e. The quantitative estimate of drug-likeness (QED) is 0.348. The van der Waals surface area contributed by atoms with Crippen LogP contribution in [0.3, 0.4) is 0 Å². The van der Waals surface area contributed by atoms with Crippen LogP contribution in [0.15, 0.2) is 23.0 Å². The Balaban J connectivity index is 1.61. The van der Waals surface area contributed by atoms with Gasteiger partial charge in [0.2, 0.25) is 5.79 Å². The summed E-state index contributed by atoms with van der Waals surface area (Å²) in [6.45, 7) is 11.9. The van der Waals surface area contributed by atoms with E-state index in [2.05, 4.69) is 0 Å². The van der Waals surface area contributed by atoms with Gasteiger partial charge in [0, 0.05) is 53.4 Å². The van der Waals surface area contributed by atoms with Crippen molar-refractivity contribution < 1.29 is 57.5 Å². The summed E-state index contributed by atoms with van der Waals surface area (Å²) < 4.78 is 35.4. The molecule has 5 aliphatic rings. The summed E-state index contributed by atoms with van der Waals surface area (Å²) in [4.78, 5) is 52.3. The predicted octanol–water partition coefficient (Wildman–Crippen LogP) is 3.23. The van der Waals surface area contributed by atoms with E-state index in [0.717, 1.165) is 0 Å². The van der Waals surface area contributed by atoms with Crippen molar-refractivity contribution in [2.24, 2.45) is 39.9 Å². The molecule has 6 rings (SSSR count). The van der Waals surface area contributed by atoms with Crippen molar-refractivity contribution in [3.63, 3.8) is 0 Å². The Morgan fingerprint density at radius 2 is 1.80 bits per heavy atom. The third kappa shape index (κ3) is 3.88. The molecule has 0 radical (unpaired) electrons. The molecule has 2 bridgehead atoms. The van der Waals surface area contributed by atoms with Gasteiger partial charge in [-0.05, 0) is 18.4 Å². The minimum absolute atomic E-state index is 0.0993. The van der Waals surface area contributed by atoms with Crippen molar-refractivity contribution in [1.82, 2.24) is 0 Å². The van der Waals surface area contributed by atoms with Crippen LogP contribution in [0.5, 0.6) is 0 Å². The maximum atomic E-state index is 13.4. The minimum Gasteiger partial charge on any atom is -0.472 e. The van der Waals surface area contributed by atoms with E-state index in [1.807, 2.05) is 6.92 Å². The molecule has 2 N–H and O–H groups in total. The molecule has 12 heteroatoms. The van der Waals surface area contributed by atoms with E-state index in [-0.39, 0.29) is 25.7 Å². The highest BCUT2D eigenvalue weighted by Crippen LogP contribution is 2.82. The monoisotopic (exact) mass is 632 g/mol. The lowest BCUT2D eigenvalue weighted by molar-refractivity contribution is -0.377. The number of cyclic esters (lactones) is 1. The van der Waals surface area contributed by atoms with E-state index < -0.39 is 99.1 Å². The number of ether oxygens (including phenoxy) is 5. The molecule has 2 saturated carbocycles. The van der Waals surface area contributed by atoms with Gasteiger partial charge in [0.1, 0.15) is 18.3 Å². The molecule has 3 aliphatic heterocycles. The summed E-state index contributed by atoms with van der Waals surface area (Å²) in [6, 6.07) is 1.70. The Hall–Kier alpha value is -2.96. The Kier molecular flexibility index (Phi) is 6.95. The van der Waals surface area contributed by atoms with Gasteiger partial charge in [-0.1, -0.05) is 41.5 Å². The lowest BCUT2D eigenvalue weighted by Crippen LogP contribution is -2.81. The Labute approximate surface area is 262 Å². The fourth-order valence-electron chi connectivity index (χ4n) is 10.7. The number of fused-ring (bicyclic) bond motifs is 2. The van der Waals surface area contributed by atoms with Crippen LogP contribution in [0.4, 0.5) is 0 Å². The lowest BCUT2D eigenvalue weighted by atomic mass is 9.35. The highest BCUT2D eigenvalue weighted by Gasteiger charge is 2.93. The van der Waals surface area contributed by atoms with Crippen molar-refractivity contribution in [2.75, 3.05) is 7.11 Å². The van der Waals surface area contributed by atoms with Gasteiger partial charge >= 0.3 is 23.9 Å². The zero-order chi connectivity index (χ0) is 33.1. The van der Waals surface area contributed by atoms with E-state index in [0.29, 0.717) is 5.56 Å². The maximum absolute atomic E-state index is 13.4. The van der Waals surface area contributed by atoms with Crippen molar-refractivity contribution in [3.05, 3.63) is 24.2 Å². The molecule has 12 nitrogen and oxygen atoms in total. The third-order valence-corrected chi connectivity index (χ3v) is 12.2. The molecule has 3 saturated heterocycles. The fraction of sp³-hybridized carbons (Fsp3) is 0.758. The summed E-state index contributed by atoms with van der Waals surface area (Å²) in [7, 11) is 1.26. The lowest BCUT2D eigenvalue weighted by Gasteiger charge is -2.69. The fourth-order valence-corrected chi connectivity index (χ4v) is 10.7. The standard InChI is InChI=1S/C33H44O12/c1-16(2)26(37)44-27-28(4,5)20(11-22(35)40-8)30(7)24-19(42-17(3)34)13-29(6)21(31(24)15-32(27,38)33(30,39)45-31)12-23(36)43-25(29)18-9-10-41-14-18/h9-10,14,16,19-21,24-25,27,38-39H,11-13,15H2,1-8H3/t19-,20+,21-,24-,25+,27+,29-,30+,31+,32-,33-/m1/s1. The smallest absolute Gasteiger partial charge is 0.308 e. The zero-order valence-electron chi connectivity index (χ0n) is 27.1. The second kappa shape index (κ2) is 9.78. The molecule has 0 unspecified atom stereocenters. The van der Waals surface area contributed by atoms with Crippen LogP contribution in [-0.2, 0) is 42.9 Å². The summed E-state index contributed by atoms with van der Waals surface area (Å²) in [6.07, 6.45) is -0.314. The second-order valence-electron chi connectivity index (χ2n) is 15.2. The highest BCUT2D eigenvalue weighted by molar-refractivity contribution is 5.73. The number of hydrogen-bond donors (Lipinski definition) is 2. The summed E-state index contributed by atoms with van der Waals surface area (Å²) in [5.41, 5.74) is -6.49. The van der Waals surface area contributed by atoms with Gasteiger partial charge < -0.3 is 38.3 Å². The van der Waals surface area contributed by atoms with Gasteiger partial charge in [0.05, 0.1) is 37.6 Å². The second-order valence-corrected chi connectivity index (χ2v) is 15.2. The number of esters is 4. The predicted molar refractivity (Wildman–Crippen MR) is 152 cm³/mol. The van der Waals surface area contributed by atoms with Crippen LogP contribution in [0, 0.1) is 39.9 Å². The van der Waals surface area contributed by atoms with Crippen LogP contribution < -0.4 is 0 Å². The molecule has 1 spiro atoms. The normalized spacial score (nSPS) is 45.7. The molecule has 248 valence electrons. The average Bonchev–Trinajstić information content (AvgIpc) is 3.60. The van der Waals surface area contributed by atoms with Crippen molar-refractivity contribution >= 4 is 23.9 Å². The van der Waals surface area contributed by atoms with Crippen LogP contribution in [0.25, 0.3) is 0 Å². The Morgan fingerprint density at radius 1 is 1.11 bits per heavy atom. The number of rotatable bonds is 6. The third-order valence-electron chi connectivity index (χ3n) is 12.2. The molecule has 0 aromatic carbocycles. The molecule has 5 fully saturated rings. The first-order valence-corrected chi connectivity index (χ1v) is 15.6. The number of carbonyl (C=O) groups is 4. The summed E-state index contributed by atoms with van der Waals surface area (Å²) in [5, 5.41) is 25.8. The van der Waals surface area contributed by atoms with E-state index in [4.69, 9.17) is 28.1 Å². The van der Waals surface area contributed by atoms with E-state index in [1.54, 1.807) is 40.7 Å². The van der Waals surface area contributed by atoms with Crippen LogP contribution >= 0.6 is 0 Å². The molecule has 1 aromatic heterocycles. The highest BCUT2D eigenvalue weighted by atomic mass is 16.7. The van der Waals surface area contributed by atoms with Gasteiger partial charge in [-0.2, -0.15) is 0 Å². The van der Waals surface area contributed by atoms with Crippen molar-refractivity contribution in [2.45, 2.75) is 109 Å². The first-order chi connectivity index (χ1) is 20.8. The van der Waals surface area contributed by atoms with Gasteiger partial charge in [-0.25, -0.2) is 0 Å². The Bertz CT molecular complexity index is 1420. The number of carbonyl (C=O) groups excluding carboxylic acids is 4. The van der Waals surface area contributed by atoms with Gasteiger partial charge in [-0.15, -0.1) is 0 Å². The van der Waals surface area contributed by atoms with Gasteiger partial charge in [0.25, 0.3) is 0 Å². The number of methoxy groups -OCH3 is 1. The molecule has 11 atom stereocenters. The molecule has 4 heterocycles. The first-order valence-electron chi connectivity index (χ1n) is 15.6. The minimum atomic E-state index is -2.38. The van der Waals surface area contributed by atoms with Crippen LogP contribution in [-0.4, -0.2) is 70.4 Å². The first kappa shape index (κ1) is 32.0. The molecular formula is C33H44O12. The molecule has 2 aliphatic carbocycles. The zero-order valence-corrected chi connectivity index (χ0v) is 27.1. The number of furan rings is 1. The average molecular weight is 633 g/mol. The van der Waals surface area contributed by atoms with Crippen LogP contribution in [0.1, 0.15) is 85.8 Å². The molecule has 1 aromatic rings. The van der Waals surface area contributed by atoms with Gasteiger partial charge in [-0.3, -0.25) is 19.2 Å². The topological polar surface area (TPSA) is 168 Å². The number of hydrogen-bond acceptors (Lipinski definition) is 12. The molecule has 45 heavy (non-hydrogen) atoms. The van der Waals surface area contributed by atoms with Crippen LogP contribution in [0.2, 0.25) is 0 Å². The number of aliphatic hydroxyl groups is 2. The van der Waals surface area contributed by atoms with E-state index in [9.17, 15) is 29.4 Å². The summed E-state index contributed by atoms with van der Waals surface area (Å²) in [5.74, 6) is -7.36.